The number of carbonyl (C=O) groups excluding carboxylic acids is 1. The fraction of sp³-hybridized carbons (Fsp3) is 0.533. The van der Waals surface area contributed by atoms with Crippen LogP contribution in [-0.2, 0) is 12.8 Å². The molecule has 0 bridgehead atoms. The number of Topliss-reactive ketones (excluding diaryl/α,β-unsaturated/α-hetero) is 1. The van der Waals surface area contributed by atoms with Crippen LogP contribution in [0.15, 0.2) is 6.07 Å². The van der Waals surface area contributed by atoms with Gasteiger partial charge in [0.15, 0.2) is 5.78 Å². The fourth-order valence-corrected chi connectivity index (χ4v) is 2.97. The normalized spacial score (nSPS) is 23.5. The zero-order chi connectivity index (χ0) is 13.6. The standard InChI is InChI=1S/C15H19NO3/c1-8-4-10-6-13-11(5-9(2)18-13)14(15(10)19-8)12(17)7-16-3/h6,8-9,16H,4-5,7H2,1-3H3. The Hall–Kier alpha value is -1.55. The summed E-state index contributed by atoms with van der Waals surface area (Å²) in [4.78, 5) is 12.4. The molecular formula is C15H19NO3. The molecule has 102 valence electrons. The molecule has 19 heavy (non-hydrogen) atoms. The Morgan fingerprint density at radius 1 is 1.32 bits per heavy atom. The van der Waals surface area contributed by atoms with Gasteiger partial charge in [0.25, 0.3) is 0 Å². The Morgan fingerprint density at radius 2 is 2.05 bits per heavy atom. The maximum atomic E-state index is 12.4. The van der Waals surface area contributed by atoms with Crippen molar-refractivity contribution in [2.75, 3.05) is 13.6 Å². The van der Waals surface area contributed by atoms with E-state index in [1.165, 1.54) is 0 Å². The first-order chi connectivity index (χ1) is 9.10. The van der Waals surface area contributed by atoms with Crippen LogP contribution in [0.25, 0.3) is 0 Å². The summed E-state index contributed by atoms with van der Waals surface area (Å²) in [6, 6.07) is 2.05. The molecule has 2 aliphatic heterocycles. The maximum Gasteiger partial charge on any atom is 0.180 e. The quantitative estimate of drug-likeness (QED) is 0.842. The second-order valence-electron chi connectivity index (χ2n) is 5.44. The summed E-state index contributed by atoms with van der Waals surface area (Å²) >= 11 is 0. The lowest BCUT2D eigenvalue weighted by Gasteiger charge is -2.12. The van der Waals surface area contributed by atoms with E-state index in [0.717, 1.165) is 41.0 Å². The molecule has 0 amide bonds. The Morgan fingerprint density at radius 3 is 2.79 bits per heavy atom. The highest BCUT2D eigenvalue weighted by molar-refractivity contribution is 6.03. The number of ether oxygens (including phenoxy) is 2. The predicted molar refractivity (Wildman–Crippen MR) is 72.3 cm³/mol. The number of carbonyl (C=O) groups is 1. The van der Waals surface area contributed by atoms with Gasteiger partial charge in [0.05, 0.1) is 12.1 Å². The molecule has 0 aliphatic carbocycles. The Balaban J connectivity index is 2.13. The van der Waals surface area contributed by atoms with Gasteiger partial charge in [0.1, 0.15) is 23.7 Å². The van der Waals surface area contributed by atoms with Gasteiger partial charge in [0, 0.05) is 24.0 Å². The monoisotopic (exact) mass is 261 g/mol. The van der Waals surface area contributed by atoms with Crippen LogP contribution in [0.4, 0.5) is 0 Å². The van der Waals surface area contributed by atoms with E-state index in [1.807, 2.05) is 19.9 Å². The van der Waals surface area contributed by atoms with Gasteiger partial charge >= 0.3 is 0 Å². The van der Waals surface area contributed by atoms with E-state index in [0.29, 0.717) is 6.54 Å². The van der Waals surface area contributed by atoms with Crippen LogP contribution in [0.2, 0.25) is 0 Å². The second-order valence-corrected chi connectivity index (χ2v) is 5.44. The van der Waals surface area contributed by atoms with Crippen LogP contribution >= 0.6 is 0 Å². The van der Waals surface area contributed by atoms with Crippen LogP contribution in [0.1, 0.15) is 35.3 Å². The molecule has 0 saturated carbocycles. The lowest BCUT2D eigenvalue weighted by atomic mass is 9.95. The summed E-state index contributed by atoms with van der Waals surface area (Å²) < 4.78 is 11.7. The molecule has 0 spiro atoms. The van der Waals surface area contributed by atoms with Gasteiger partial charge < -0.3 is 14.8 Å². The lowest BCUT2D eigenvalue weighted by molar-refractivity contribution is 0.0988. The smallest absolute Gasteiger partial charge is 0.180 e. The van der Waals surface area contributed by atoms with Gasteiger partial charge in [-0.3, -0.25) is 4.79 Å². The van der Waals surface area contributed by atoms with Crippen LogP contribution in [0, 0.1) is 0 Å². The minimum Gasteiger partial charge on any atom is -0.490 e. The zero-order valence-electron chi connectivity index (χ0n) is 11.6. The van der Waals surface area contributed by atoms with Crippen molar-refractivity contribution >= 4 is 5.78 Å². The average molecular weight is 261 g/mol. The predicted octanol–water partition coefficient (Wildman–Crippen LogP) is 1.74. The number of fused-ring (bicyclic) bond motifs is 2. The molecule has 3 rings (SSSR count). The van der Waals surface area contributed by atoms with Crippen molar-refractivity contribution in [2.24, 2.45) is 0 Å². The molecule has 0 aromatic heterocycles. The number of benzene rings is 1. The highest BCUT2D eigenvalue weighted by atomic mass is 16.5. The first kappa shape index (κ1) is 12.5. The Bertz CT molecular complexity index is 502. The van der Waals surface area contributed by atoms with Crippen molar-refractivity contribution < 1.29 is 14.3 Å². The largest absolute Gasteiger partial charge is 0.490 e. The van der Waals surface area contributed by atoms with Gasteiger partial charge in [-0.15, -0.1) is 0 Å². The number of nitrogens with one attached hydrogen (secondary N) is 1. The number of hydrogen-bond donors (Lipinski definition) is 1. The lowest BCUT2D eigenvalue weighted by Crippen LogP contribution is -2.20. The van der Waals surface area contributed by atoms with Crippen molar-refractivity contribution in [3.05, 3.63) is 22.8 Å². The fourth-order valence-electron chi connectivity index (χ4n) is 2.97. The molecule has 4 nitrogen and oxygen atoms in total. The van der Waals surface area contributed by atoms with E-state index < -0.39 is 0 Å². The Labute approximate surface area is 113 Å². The second kappa shape index (κ2) is 4.53. The van der Waals surface area contributed by atoms with E-state index in [4.69, 9.17) is 9.47 Å². The van der Waals surface area contributed by atoms with Crippen LogP contribution < -0.4 is 14.8 Å². The molecule has 1 N–H and O–H groups in total. The van der Waals surface area contributed by atoms with E-state index in [9.17, 15) is 4.79 Å². The summed E-state index contributed by atoms with van der Waals surface area (Å²) in [6.07, 6.45) is 1.90. The van der Waals surface area contributed by atoms with E-state index in [1.54, 1.807) is 7.05 Å². The third-order valence-corrected chi connectivity index (χ3v) is 3.69. The molecule has 0 radical (unpaired) electrons. The number of rotatable bonds is 3. The number of ketones is 1. The van der Waals surface area contributed by atoms with Crippen LogP contribution in [0.5, 0.6) is 11.5 Å². The molecule has 4 heteroatoms. The van der Waals surface area contributed by atoms with Gasteiger partial charge in [-0.2, -0.15) is 0 Å². The molecule has 2 heterocycles. The first-order valence-corrected chi connectivity index (χ1v) is 6.80. The van der Waals surface area contributed by atoms with E-state index >= 15 is 0 Å². The van der Waals surface area contributed by atoms with Crippen molar-refractivity contribution in [2.45, 2.75) is 38.9 Å². The van der Waals surface area contributed by atoms with E-state index in [2.05, 4.69) is 5.32 Å². The van der Waals surface area contributed by atoms with Gasteiger partial charge in [-0.1, -0.05) is 0 Å². The molecule has 0 saturated heterocycles. The topological polar surface area (TPSA) is 47.6 Å². The van der Waals surface area contributed by atoms with Crippen molar-refractivity contribution in [3.63, 3.8) is 0 Å². The SMILES string of the molecule is CNCC(=O)c1c2c(cc3c1OC(C)C3)OC(C)C2. The molecule has 2 aliphatic rings. The average Bonchev–Trinajstić information content (AvgIpc) is 2.86. The number of likely N-dealkylation sites (N-methyl/N-ethyl adjacent to an activating group) is 1. The van der Waals surface area contributed by atoms with Gasteiger partial charge in [-0.25, -0.2) is 0 Å². The van der Waals surface area contributed by atoms with Crippen LogP contribution in [0.3, 0.4) is 0 Å². The summed E-state index contributed by atoms with van der Waals surface area (Å²) in [5.41, 5.74) is 2.84. The van der Waals surface area contributed by atoms with Gasteiger partial charge in [-0.05, 0) is 27.0 Å². The van der Waals surface area contributed by atoms with Crippen molar-refractivity contribution in [1.29, 1.82) is 0 Å². The van der Waals surface area contributed by atoms with Crippen molar-refractivity contribution in [3.8, 4) is 11.5 Å². The summed E-state index contributed by atoms with van der Waals surface area (Å²) in [5.74, 6) is 1.73. The molecule has 1 aromatic carbocycles. The van der Waals surface area contributed by atoms with Crippen LogP contribution in [-0.4, -0.2) is 31.6 Å². The van der Waals surface area contributed by atoms with E-state index in [-0.39, 0.29) is 18.0 Å². The summed E-state index contributed by atoms with van der Waals surface area (Å²) in [7, 11) is 1.78. The maximum absolute atomic E-state index is 12.4. The highest BCUT2D eigenvalue weighted by Crippen LogP contribution is 2.43. The van der Waals surface area contributed by atoms with Gasteiger partial charge in [0.2, 0.25) is 0 Å². The van der Waals surface area contributed by atoms with Crippen molar-refractivity contribution in [1.82, 2.24) is 5.32 Å². The molecule has 2 unspecified atom stereocenters. The minimum atomic E-state index is 0.0856. The Kier molecular flexibility index (Phi) is 2.97. The highest BCUT2D eigenvalue weighted by Gasteiger charge is 2.33. The third kappa shape index (κ3) is 2.00. The number of hydrogen-bond acceptors (Lipinski definition) is 4. The zero-order valence-corrected chi connectivity index (χ0v) is 11.6. The molecule has 1 aromatic rings. The summed E-state index contributed by atoms with van der Waals surface area (Å²) in [5, 5.41) is 2.92. The first-order valence-electron chi connectivity index (χ1n) is 6.80. The summed E-state index contributed by atoms with van der Waals surface area (Å²) in [6.45, 7) is 4.39. The molecule has 2 atom stereocenters. The molecule has 0 fully saturated rings. The molecular weight excluding hydrogens is 242 g/mol. The third-order valence-electron chi connectivity index (χ3n) is 3.69. The minimum absolute atomic E-state index is 0.0856.